The maximum absolute atomic E-state index is 12.5. The van der Waals surface area contributed by atoms with Gasteiger partial charge in [-0.2, -0.15) is 0 Å². The number of aromatic nitrogens is 2. The maximum atomic E-state index is 12.5. The average Bonchev–Trinajstić information content (AvgIpc) is 3.09. The Morgan fingerprint density at radius 2 is 2.07 bits per heavy atom. The summed E-state index contributed by atoms with van der Waals surface area (Å²) < 4.78 is 5.44. The van der Waals surface area contributed by atoms with Crippen molar-refractivity contribution in [1.82, 2.24) is 14.9 Å². The fourth-order valence-corrected chi connectivity index (χ4v) is 3.99. The van der Waals surface area contributed by atoms with Crippen molar-refractivity contribution in [3.63, 3.8) is 0 Å². The van der Waals surface area contributed by atoms with Gasteiger partial charge >= 0.3 is 6.09 Å². The second kappa shape index (κ2) is 7.56. The lowest BCUT2D eigenvalue weighted by molar-refractivity contribution is 0.0446. The number of carbonyl (C=O) groups excluding carboxylic acids is 1. The monoisotopic (exact) mass is 402 g/mol. The molecule has 0 radical (unpaired) electrons. The van der Waals surface area contributed by atoms with E-state index in [4.69, 9.17) is 16.3 Å². The van der Waals surface area contributed by atoms with Crippen LogP contribution in [0.5, 0.6) is 0 Å². The molecular formula is C20H23ClN4O3. The van der Waals surface area contributed by atoms with E-state index in [0.29, 0.717) is 25.5 Å². The van der Waals surface area contributed by atoms with Gasteiger partial charge in [0.25, 0.3) is 0 Å². The molecule has 2 aromatic rings. The second-order valence-corrected chi connectivity index (χ2v) is 8.00. The van der Waals surface area contributed by atoms with Crippen molar-refractivity contribution in [1.29, 1.82) is 0 Å². The SMILES string of the molecule is CC1(O)CCCN(c2nc(Cl)nc3c2CN(C(=O)OCc2ccccc2)C3)C1. The van der Waals surface area contributed by atoms with Crippen LogP contribution < -0.4 is 4.90 Å². The normalized spacial score (nSPS) is 21.5. The van der Waals surface area contributed by atoms with Gasteiger partial charge in [-0.1, -0.05) is 30.3 Å². The van der Waals surface area contributed by atoms with Crippen LogP contribution in [-0.4, -0.2) is 44.8 Å². The van der Waals surface area contributed by atoms with Gasteiger partial charge in [-0.15, -0.1) is 0 Å². The summed E-state index contributed by atoms with van der Waals surface area (Å²) in [5.41, 5.74) is 1.78. The van der Waals surface area contributed by atoms with Crippen molar-refractivity contribution in [2.24, 2.45) is 0 Å². The maximum Gasteiger partial charge on any atom is 0.410 e. The molecule has 4 rings (SSSR count). The van der Waals surface area contributed by atoms with Crippen molar-refractivity contribution >= 4 is 23.5 Å². The minimum absolute atomic E-state index is 0.151. The molecule has 1 fully saturated rings. The van der Waals surface area contributed by atoms with Crippen molar-refractivity contribution in [3.8, 4) is 0 Å². The lowest BCUT2D eigenvalue weighted by Gasteiger charge is -2.38. The molecular weight excluding hydrogens is 380 g/mol. The zero-order chi connectivity index (χ0) is 19.7. The molecule has 1 N–H and O–H groups in total. The minimum atomic E-state index is -0.768. The highest BCUT2D eigenvalue weighted by Crippen LogP contribution is 2.33. The van der Waals surface area contributed by atoms with Gasteiger partial charge in [-0.05, 0) is 36.9 Å². The van der Waals surface area contributed by atoms with Crippen LogP contribution in [0.4, 0.5) is 10.6 Å². The van der Waals surface area contributed by atoms with E-state index in [0.717, 1.165) is 36.2 Å². The first-order valence-corrected chi connectivity index (χ1v) is 9.77. The topological polar surface area (TPSA) is 78.8 Å². The smallest absolute Gasteiger partial charge is 0.410 e. The standard InChI is InChI=1S/C20H23ClN4O3/c1-20(27)8-5-9-24(13-20)17-15-10-25(11-16(15)22-18(21)23-17)19(26)28-12-14-6-3-2-4-7-14/h2-4,6-7,27H,5,8-13H2,1H3. The summed E-state index contributed by atoms with van der Waals surface area (Å²) in [6.07, 6.45) is 1.23. The first-order chi connectivity index (χ1) is 13.4. The molecule has 8 heteroatoms. The van der Waals surface area contributed by atoms with Crippen LogP contribution in [0.1, 0.15) is 36.6 Å². The molecule has 148 valence electrons. The Kier molecular flexibility index (Phi) is 5.12. The first kappa shape index (κ1) is 19.0. The molecule has 0 bridgehead atoms. The Bertz CT molecular complexity index is 875. The van der Waals surface area contributed by atoms with Gasteiger partial charge in [-0.3, -0.25) is 4.90 Å². The summed E-state index contributed by atoms with van der Waals surface area (Å²) in [7, 11) is 0. The molecule has 3 heterocycles. The van der Waals surface area contributed by atoms with Crippen molar-refractivity contribution < 1.29 is 14.6 Å². The molecule has 28 heavy (non-hydrogen) atoms. The van der Waals surface area contributed by atoms with Crippen LogP contribution in [0, 0.1) is 0 Å². The molecule has 1 saturated heterocycles. The van der Waals surface area contributed by atoms with E-state index >= 15 is 0 Å². The second-order valence-electron chi connectivity index (χ2n) is 7.66. The Balaban J connectivity index is 1.49. The highest BCUT2D eigenvalue weighted by Gasteiger charge is 2.35. The fourth-order valence-electron chi connectivity index (χ4n) is 3.81. The predicted molar refractivity (Wildman–Crippen MR) is 105 cm³/mol. The van der Waals surface area contributed by atoms with E-state index in [1.165, 1.54) is 0 Å². The van der Waals surface area contributed by atoms with Gasteiger partial charge in [0.2, 0.25) is 5.28 Å². The zero-order valence-electron chi connectivity index (χ0n) is 15.8. The van der Waals surface area contributed by atoms with Crippen LogP contribution >= 0.6 is 11.6 Å². The van der Waals surface area contributed by atoms with E-state index in [1.807, 2.05) is 42.2 Å². The number of β-amino-alcohol motifs (C(OH)–C–C–N with tert-alkyl or cyclic N) is 1. The largest absolute Gasteiger partial charge is 0.445 e. The summed E-state index contributed by atoms with van der Waals surface area (Å²) in [5.74, 6) is 0.702. The number of carbonyl (C=O) groups is 1. The van der Waals surface area contributed by atoms with Gasteiger partial charge in [-0.25, -0.2) is 14.8 Å². The number of halogens is 1. The molecule has 2 aliphatic rings. The lowest BCUT2D eigenvalue weighted by Crippen LogP contribution is -2.46. The van der Waals surface area contributed by atoms with Gasteiger partial charge in [0.05, 0.1) is 24.4 Å². The van der Waals surface area contributed by atoms with Crippen LogP contribution in [0.15, 0.2) is 30.3 Å². The highest BCUT2D eigenvalue weighted by molar-refractivity contribution is 6.28. The van der Waals surface area contributed by atoms with E-state index < -0.39 is 11.7 Å². The number of hydrogen-bond acceptors (Lipinski definition) is 6. The quantitative estimate of drug-likeness (QED) is 0.794. The van der Waals surface area contributed by atoms with E-state index in [1.54, 1.807) is 4.90 Å². The number of piperidine rings is 1. The first-order valence-electron chi connectivity index (χ1n) is 9.39. The fraction of sp³-hybridized carbons (Fsp3) is 0.450. The number of amides is 1. The molecule has 0 saturated carbocycles. The number of ether oxygens (including phenoxy) is 1. The van der Waals surface area contributed by atoms with Crippen molar-refractivity contribution in [3.05, 3.63) is 52.4 Å². The average molecular weight is 403 g/mol. The van der Waals surface area contributed by atoms with Crippen molar-refractivity contribution in [2.45, 2.75) is 45.1 Å². The van der Waals surface area contributed by atoms with E-state index in [-0.39, 0.29) is 11.9 Å². The molecule has 1 atom stereocenters. The third kappa shape index (κ3) is 4.05. The zero-order valence-corrected chi connectivity index (χ0v) is 16.5. The van der Waals surface area contributed by atoms with Gasteiger partial charge in [0.1, 0.15) is 12.4 Å². The Morgan fingerprint density at radius 1 is 1.29 bits per heavy atom. The van der Waals surface area contributed by atoms with E-state index in [9.17, 15) is 9.90 Å². The summed E-state index contributed by atoms with van der Waals surface area (Å²) in [4.78, 5) is 24.9. The summed E-state index contributed by atoms with van der Waals surface area (Å²) >= 11 is 6.14. The molecule has 7 nitrogen and oxygen atoms in total. The Morgan fingerprint density at radius 3 is 2.82 bits per heavy atom. The van der Waals surface area contributed by atoms with Gasteiger partial charge in [0, 0.05) is 18.7 Å². The van der Waals surface area contributed by atoms with Gasteiger partial charge < -0.3 is 14.7 Å². The molecule has 0 spiro atoms. The number of hydrogen-bond donors (Lipinski definition) is 1. The Labute approximate surface area is 168 Å². The van der Waals surface area contributed by atoms with Crippen LogP contribution in [0.2, 0.25) is 5.28 Å². The number of benzene rings is 1. The van der Waals surface area contributed by atoms with Crippen molar-refractivity contribution in [2.75, 3.05) is 18.0 Å². The molecule has 1 unspecified atom stereocenters. The highest BCUT2D eigenvalue weighted by atomic mass is 35.5. The molecule has 1 amide bonds. The summed E-state index contributed by atoms with van der Waals surface area (Å²) in [6, 6.07) is 9.57. The summed E-state index contributed by atoms with van der Waals surface area (Å²) in [6.45, 7) is 4.02. The third-order valence-electron chi connectivity index (χ3n) is 5.17. The number of nitrogens with zero attached hydrogens (tertiary/aromatic N) is 4. The number of anilines is 1. The third-order valence-corrected chi connectivity index (χ3v) is 5.34. The number of rotatable bonds is 3. The van der Waals surface area contributed by atoms with E-state index in [2.05, 4.69) is 9.97 Å². The minimum Gasteiger partial charge on any atom is -0.445 e. The Hall–Kier alpha value is -2.38. The molecule has 1 aromatic carbocycles. The van der Waals surface area contributed by atoms with Gasteiger partial charge in [0.15, 0.2) is 0 Å². The molecule has 0 aliphatic carbocycles. The predicted octanol–water partition coefficient (Wildman–Crippen LogP) is 3.13. The lowest BCUT2D eigenvalue weighted by atomic mass is 9.95. The number of fused-ring (bicyclic) bond motifs is 1. The van der Waals surface area contributed by atoms with Crippen LogP contribution in [0.3, 0.4) is 0 Å². The van der Waals surface area contributed by atoms with Crippen LogP contribution in [0.25, 0.3) is 0 Å². The number of aliphatic hydroxyl groups is 1. The summed E-state index contributed by atoms with van der Waals surface area (Å²) in [5, 5.41) is 10.6. The molecule has 1 aromatic heterocycles. The molecule has 2 aliphatic heterocycles. The van der Waals surface area contributed by atoms with Crippen LogP contribution in [-0.2, 0) is 24.4 Å².